The SMILES string of the molecule is Cc1noc(C)c1C(C)NCC(c1ccco1)N1CCCC1. The molecular weight excluding hydrogens is 278 g/mol. The third-order valence-corrected chi connectivity index (χ3v) is 4.59. The number of hydrogen-bond donors (Lipinski definition) is 1. The van der Waals surface area contributed by atoms with Crippen LogP contribution in [0.2, 0.25) is 0 Å². The van der Waals surface area contributed by atoms with Crippen LogP contribution >= 0.6 is 0 Å². The molecule has 120 valence electrons. The Bertz CT molecular complexity index is 566. The Hall–Kier alpha value is -1.59. The van der Waals surface area contributed by atoms with Crippen LogP contribution in [-0.2, 0) is 0 Å². The van der Waals surface area contributed by atoms with Crippen LogP contribution in [0.1, 0.15) is 54.6 Å². The van der Waals surface area contributed by atoms with Gasteiger partial charge in [0.1, 0.15) is 11.5 Å². The molecule has 22 heavy (non-hydrogen) atoms. The number of aromatic nitrogens is 1. The Morgan fingerprint density at radius 1 is 1.32 bits per heavy atom. The lowest BCUT2D eigenvalue weighted by Gasteiger charge is -2.27. The highest BCUT2D eigenvalue weighted by atomic mass is 16.5. The molecule has 0 aromatic carbocycles. The van der Waals surface area contributed by atoms with Gasteiger partial charge in [-0.1, -0.05) is 5.16 Å². The summed E-state index contributed by atoms with van der Waals surface area (Å²) in [4.78, 5) is 2.51. The van der Waals surface area contributed by atoms with E-state index in [2.05, 4.69) is 28.4 Å². The van der Waals surface area contributed by atoms with Crippen molar-refractivity contribution in [3.8, 4) is 0 Å². The lowest BCUT2D eigenvalue weighted by molar-refractivity contribution is 0.205. The second-order valence-electron chi connectivity index (χ2n) is 6.14. The molecule has 3 heterocycles. The maximum atomic E-state index is 5.67. The first kappa shape index (κ1) is 15.3. The summed E-state index contributed by atoms with van der Waals surface area (Å²) in [6.45, 7) is 9.28. The summed E-state index contributed by atoms with van der Waals surface area (Å²) in [5.41, 5.74) is 2.13. The van der Waals surface area contributed by atoms with Gasteiger partial charge in [-0.2, -0.15) is 0 Å². The van der Waals surface area contributed by atoms with Crippen molar-refractivity contribution >= 4 is 0 Å². The molecule has 1 N–H and O–H groups in total. The summed E-state index contributed by atoms with van der Waals surface area (Å²) >= 11 is 0. The number of nitrogens with one attached hydrogen (secondary N) is 1. The molecule has 0 amide bonds. The third kappa shape index (κ3) is 3.10. The van der Waals surface area contributed by atoms with E-state index in [1.165, 1.54) is 18.4 Å². The summed E-state index contributed by atoms with van der Waals surface area (Å²) in [5.74, 6) is 1.94. The standard InChI is InChI=1S/C17H25N3O2/c1-12(17-13(2)19-22-14(17)3)18-11-15(16-7-6-10-21-16)20-8-4-5-9-20/h6-7,10,12,15,18H,4-5,8-9,11H2,1-3H3. The van der Waals surface area contributed by atoms with Crippen LogP contribution < -0.4 is 5.32 Å². The molecule has 5 heteroatoms. The van der Waals surface area contributed by atoms with E-state index in [1.54, 1.807) is 6.26 Å². The van der Waals surface area contributed by atoms with Crippen molar-refractivity contribution in [2.75, 3.05) is 19.6 Å². The van der Waals surface area contributed by atoms with E-state index < -0.39 is 0 Å². The fourth-order valence-corrected chi connectivity index (χ4v) is 3.44. The normalized spacial score (nSPS) is 18.7. The zero-order valence-electron chi connectivity index (χ0n) is 13.6. The monoisotopic (exact) mass is 303 g/mol. The quantitative estimate of drug-likeness (QED) is 0.886. The van der Waals surface area contributed by atoms with Crippen LogP contribution in [0.15, 0.2) is 27.3 Å². The van der Waals surface area contributed by atoms with Gasteiger partial charge in [-0.05, 0) is 58.8 Å². The minimum Gasteiger partial charge on any atom is -0.468 e. The minimum atomic E-state index is 0.214. The average Bonchev–Trinajstić information content (AvgIpc) is 3.22. The molecule has 1 aliphatic heterocycles. The Morgan fingerprint density at radius 3 is 2.68 bits per heavy atom. The molecule has 5 nitrogen and oxygen atoms in total. The second-order valence-corrected chi connectivity index (χ2v) is 6.14. The molecule has 0 aliphatic carbocycles. The zero-order chi connectivity index (χ0) is 15.5. The summed E-state index contributed by atoms with van der Waals surface area (Å²) in [6, 6.07) is 4.55. The second kappa shape index (κ2) is 6.67. The fraction of sp³-hybridized carbons (Fsp3) is 0.588. The number of aryl methyl sites for hydroxylation is 2. The molecule has 2 atom stereocenters. The first-order valence-corrected chi connectivity index (χ1v) is 8.10. The highest BCUT2D eigenvalue weighted by Gasteiger charge is 2.26. The molecule has 1 saturated heterocycles. The van der Waals surface area contributed by atoms with Crippen LogP contribution in [0, 0.1) is 13.8 Å². The number of hydrogen-bond acceptors (Lipinski definition) is 5. The van der Waals surface area contributed by atoms with Gasteiger partial charge in [-0.3, -0.25) is 4.90 Å². The van der Waals surface area contributed by atoms with Crippen molar-refractivity contribution in [1.29, 1.82) is 0 Å². The molecule has 2 aromatic rings. The van der Waals surface area contributed by atoms with Crippen LogP contribution in [0.5, 0.6) is 0 Å². The summed E-state index contributed by atoms with van der Waals surface area (Å²) < 4.78 is 10.9. The summed E-state index contributed by atoms with van der Waals surface area (Å²) in [7, 11) is 0. The van der Waals surface area contributed by atoms with Gasteiger partial charge in [0.05, 0.1) is 18.0 Å². The van der Waals surface area contributed by atoms with E-state index in [9.17, 15) is 0 Å². The maximum Gasteiger partial charge on any atom is 0.138 e. The Labute approximate surface area is 131 Å². The third-order valence-electron chi connectivity index (χ3n) is 4.59. The number of furan rings is 1. The predicted molar refractivity (Wildman–Crippen MR) is 84.7 cm³/mol. The molecule has 1 fully saturated rings. The topological polar surface area (TPSA) is 54.4 Å². The van der Waals surface area contributed by atoms with Crippen LogP contribution in [-0.4, -0.2) is 29.7 Å². The fourth-order valence-electron chi connectivity index (χ4n) is 3.44. The summed E-state index contributed by atoms with van der Waals surface area (Å²) in [5, 5.41) is 7.68. The predicted octanol–water partition coefficient (Wildman–Crippen LogP) is 3.37. The Kier molecular flexibility index (Phi) is 4.64. The van der Waals surface area contributed by atoms with Gasteiger partial charge in [0.2, 0.25) is 0 Å². The van der Waals surface area contributed by atoms with Crippen LogP contribution in [0.3, 0.4) is 0 Å². The highest BCUT2D eigenvalue weighted by Crippen LogP contribution is 2.27. The van der Waals surface area contributed by atoms with E-state index in [4.69, 9.17) is 8.94 Å². The first-order chi connectivity index (χ1) is 10.7. The van der Waals surface area contributed by atoms with Crippen molar-refractivity contribution in [3.63, 3.8) is 0 Å². The van der Waals surface area contributed by atoms with Crippen molar-refractivity contribution in [1.82, 2.24) is 15.4 Å². The van der Waals surface area contributed by atoms with Gasteiger partial charge in [0.25, 0.3) is 0 Å². The zero-order valence-corrected chi connectivity index (χ0v) is 13.6. The Balaban J connectivity index is 1.69. The molecule has 1 aliphatic rings. The van der Waals surface area contributed by atoms with E-state index in [0.29, 0.717) is 6.04 Å². The minimum absolute atomic E-state index is 0.214. The Morgan fingerprint density at radius 2 is 2.09 bits per heavy atom. The molecule has 2 aromatic heterocycles. The van der Waals surface area contributed by atoms with Crippen molar-refractivity contribution in [2.24, 2.45) is 0 Å². The molecule has 2 unspecified atom stereocenters. The molecule has 0 spiro atoms. The lowest BCUT2D eigenvalue weighted by atomic mass is 10.1. The van der Waals surface area contributed by atoms with Gasteiger partial charge in [-0.25, -0.2) is 0 Å². The number of nitrogens with zero attached hydrogens (tertiary/aromatic N) is 2. The van der Waals surface area contributed by atoms with Gasteiger partial charge in [-0.15, -0.1) is 0 Å². The number of rotatable bonds is 6. The van der Waals surface area contributed by atoms with Crippen LogP contribution in [0.4, 0.5) is 0 Å². The van der Waals surface area contributed by atoms with E-state index in [1.807, 2.05) is 19.9 Å². The first-order valence-electron chi connectivity index (χ1n) is 8.10. The van der Waals surface area contributed by atoms with E-state index >= 15 is 0 Å². The maximum absolute atomic E-state index is 5.67. The molecule has 0 saturated carbocycles. The van der Waals surface area contributed by atoms with Gasteiger partial charge in [0.15, 0.2) is 0 Å². The van der Waals surface area contributed by atoms with Gasteiger partial charge < -0.3 is 14.3 Å². The van der Waals surface area contributed by atoms with Crippen molar-refractivity contribution in [2.45, 2.75) is 45.7 Å². The van der Waals surface area contributed by atoms with Crippen molar-refractivity contribution in [3.05, 3.63) is 41.2 Å². The van der Waals surface area contributed by atoms with Crippen molar-refractivity contribution < 1.29 is 8.94 Å². The van der Waals surface area contributed by atoms with E-state index in [-0.39, 0.29) is 6.04 Å². The molecule has 3 rings (SSSR count). The molecular formula is C17H25N3O2. The summed E-state index contributed by atoms with van der Waals surface area (Å²) in [6.07, 6.45) is 4.31. The van der Waals surface area contributed by atoms with Gasteiger partial charge >= 0.3 is 0 Å². The largest absolute Gasteiger partial charge is 0.468 e. The average molecular weight is 303 g/mol. The smallest absolute Gasteiger partial charge is 0.138 e. The number of likely N-dealkylation sites (tertiary alicyclic amines) is 1. The molecule has 0 bridgehead atoms. The van der Waals surface area contributed by atoms with Crippen LogP contribution in [0.25, 0.3) is 0 Å². The van der Waals surface area contributed by atoms with Gasteiger partial charge in [0, 0.05) is 18.2 Å². The highest BCUT2D eigenvalue weighted by molar-refractivity contribution is 5.24. The lowest BCUT2D eigenvalue weighted by Crippen LogP contribution is -2.35. The molecule has 0 radical (unpaired) electrons. The van der Waals surface area contributed by atoms with E-state index in [0.717, 1.165) is 36.8 Å².